The van der Waals surface area contributed by atoms with E-state index in [0.29, 0.717) is 18.3 Å². The van der Waals surface area contributed by atoms with Crippen LogP contribution in [0.2, 0.25) is 0 Å². The maximum atomic E-state index is 13.3. The van der Waals surface area contributed by atoms with Gasteiger partial charge < -0.3 is 25.1 Å². The van der Waals surface area contributed by atoms with Gasteiger partial charge in [-0.3, -0.25) is 4.99 Å². The number of aliphatic hydroxyl groups excluding tert-OH is 1. The molecule has 0 bridgehead atoms. The third-order valence-electron chi connectivity index (χ3n) is 4.05. The molecule has 0 aliphatic heterocycles. The lowest BCUT2D eigenvalue weighted by Crippen LogP contribution is -2.38. The van der Waals surface area contributed by atoms with Crippen molar-refractivity contribution in [3.8, 4) is 0 Å². The maximum Gasteiger partial charge on any atom is 0.191 e. The molecule has 0 aliphatic carbocycles. The normalized spacial score (nSPS) is 12.6. The Hall–Kier alpha value is -2.07. The number of guanidine groups is 1. The molecule has 0 radical (unpaired) electrons. The van der Waals surface area contributed by atoms with Gasteiger partial charge in [0, 0.05) is 30.2 Å². The Morgan fingerprint density at radius 3 is 2.93 bits per heavy atom. The predicted octanol–water partition coefficient (Wildman–Crippen LogP) is 3.35. The average molecular weight is 486 g/mol. The van der Waals surface area contributed by atoms with Crippen LogP contribution in [0.3, 0.4) is 0 Å². The first-order valence-electron chi connectivity index (χ1n) is 8.66. The number of rotatable bonds is 7. The van der Waals surface area contributed by atoms with Gasteiger partial charge in [-0.15, -0.1) is 24.0 Å². The van der Waals surface area contributed by atoms with Gasteiger partial charge >= 0.3 is 0 Å². The lowest BCUT2D eigenvalue weighted by molar-refractivity contribution is 0.158. The van der Waals surface area contributed by atoms with Crippen molar-refractivity contribution in [2.24, 2.45) is 4.99 Å². The minimum Gasteiger partial charge on any atom is -0.467 e. The van der Waals surface area contributed by atoms with E-state index >= 15 is 0 Å². The summed E-state index contributed by atoms with van der Waals surface area (Å²) in [6.07, 6.45) is 3.41. The molecule has 1 unspecified atom stereocenters. The van der Waals surface area contributed by atoms with Gasteiger partial charge in [-0.25, -0.2) is 4.39 Å². The average Bonchev–Trinajstić information content (AvgIpc) is 3.29. The summed E-state index contributed by atoms with van der Waals surface area (Å²) in [6.45, 7) is 3.56. The van der Waals surface area contributed by atoms with Crippen molar-refractivity contribution < 1.29 is 13.9 Å². The molecule has 146 valence electrons. The van der Waals surface area contributed by atoms with Crippen LogP contribution in [0.15, 0.2) is 52.2 Å². The number of halogens is 2. The number of aromatic amines is 1. The summed E-state index contributed by atoms with van der Waals surface area (Å²) in [7, 11) is 0. The highest BCUT2D eigenvalue weighted by molar-refractivity contribution is 14.0. The second kappa shape index (κ2) is 10.3. The van der Waals surface area contributed by atoms with Crippen molar-refractivity contribution in [3.05, 3.63) is 59.9 Å². The maximum absolute atomic E-state index is 13.3. The Balaban J connectivity index is 0.00000261. The summed E-state index contributed by atoms with van der Waals surface area (Å²) in [6, 6.07) is 8.21. The topological polar surface area (TPSA) is 85.6 Å². The number of hydrogen-bond donors (Lipinski definition) is 4. The minimum atomic E-state index is -0.774. The fraction of sp³-hybridized carbons (Fsp3) is 0.316. The number of furan rings is 1. The lowest BCUT2D eigenvalue weighted by Gasteiger charge is -2.12. The van der Waals surface area contributed by atoms with Gasteiger partial charge in [0.1, 0.15) is 17.7 Å². The lowest BCUT2D eigenvalue weighted by atomic mass is 10.1. The van der Waals surface area contributed by atoms with Gasteiger partial charge in [-0.05, 0) is 49.2 Å². The van der Waals surface area contributed by atoms with Crippen molar-refractivity contribution >= 4 is 40.8 Å². The van der Waals surface area contributed by atoms with E-state index < -0.39 is 6.10 Å². The second-order valence-electron chi connectivity index (χ2n) is 5.93. The highest BCUT2D eigenvalue weighted by Gasteiger charge is 2.10. The van der Waals surface area contributed by atoms with Crippen LogP contribution < -0.4 is 10.6 Å². The van der Waals surface area contributed by atoms with E-state index in [9.17, 15) is 9.50 Å². The molecule has 0 spiro atoms. The molecule has 4 N–H and O–H groups in total. The highest BCUT2D eigenvalue weighted by Crippen LogP contribution is 2.19. The zero-order valence-electron chi connectivity index (χ0n) is 15.0. The first kappa shape index (κ1) is 21.2. The quantitative estimate of drug-likeness (QED) is 0.235. The van der Waals surface area contributed by atoms with Gasteiger partial charge in [-0.1, -0.05) is 0 Å². The monoisotopic (exact) mass is 486 g/mol. The first-order valence-corrected chi connectivity index (χ1v) is 8.66. The van der Waals surface area contributed by atoms with E-state index in [4.69, 9.17) is 4.42 Å². The van der Waals surface area contributed by atoms with Crippen LogP contribution in [-0.2, 0) is 6.42 Å². The first-order chi connectivity index (χ1) is 12.7. The summed E-state index contributed by atoms with van der Waals surface area (Å²) in [5.41, 5.74) is 1.90. The number of H-pyrrole nitrogens is 1. The van der Waals surface area contributed by atoms with E-state index in [2.05, 4.69) is 20.6 Å². The second-order valence-corrected chi connectivity index (χ2v) is 5.93. The summed E-state index contributed by atoms with van der Waals surface area (Å²) in [5, 5.41) is 17.5. The van der Waals surface area contributed by atoms with Crippen LogP contribution in [0, 0.1) is 5.82 Å². The number of benzene rings is 1. The molecular weight excluding hydrogens is 462 g/mol. The van der Waals surface area contributed by atoms with Gasteiger partial charge in [0.25, 0.3) is 0 Å². The fourth-order valence-corrected chi connectivity index (χ4v) is 2.77. The number of aliphatic hydroxyl groups is 1. The molecule has 1 atom stereocenters. The van der Waals surface area contributed by atoms with Crippen molar-refractivity contribution in [2.75, 3.05) is 19.6 Å². The summed E-state index contributed by atoms with van der Waals surface area (Å²) < 4.78 is 18.4. The van der Waals surface area contributed by atoms with Crippen molar-refractivity contribution in [1.82, 2.24) is 15.6 Å². The van der Waals surface area contributed by atoms with Gasteiger partial charge in [0.2, 0.25) is 0 Å². The molecule has 3 rings (SSSR count). The smallest absolute Gasteiger partial charge is 0.191 e. The van der Waals surface area contributed by atoms with Crippen LogP contribution in [0.25, 0.3) is 10.9 Å². The number of hydrogen-bond acceptors (Lipinski definition) is 3. The number of fused-ring (bicyclic) bond motifs is 1. The summed E-state index contributed by atoms with van der Waals surface area (Å²) in [5.74, 6) is 0.875. The minimum absolute atomic E-state index is 0. The number of nitrogens with zero attached hydrogens (tertiary/aromatic N) is 1. The van der Waals surface area contributed by atoms with Crippen molar-refractivity contribution in [1.29, 1.82) is 0 Å². The SMILES string of the molecule is CCNC(=NCC(O)c1ccco1)NCCc1c[nH]c2cc(F)ccc12.I. The number of aliphatic imine (C=N–C) groups is 1. The Kier molecular flexibility index (Phi) is 8.11. The molecule has 6 nitrogen and oxygen atoms in total. The Morgan fingerprint density at radius 2 is 2.19 bits per heavy atom. The van der Waals surface area contributed by atoms with E-state index in [1.54, 1.807) is 18.2 Å². The van der Waals surface area contributed by atoms with E-state index in [0.717, 1.165) is 29.4 Å². The number of nitrogens with one attached hydrogen (secondary N) is 3. The Bertz CT molecular complexity index is 864. The zero-order chi connectivity index (χ0) is 18.4. The standard InChI is InChI=1S/C19H23FN4O2.HI/c1-2-21-19(24-12-17(25)18-4-3-9-26-18)22-8-7-13-11-23-16-10-14(20)5-6-15(13)16;/h3-6,9-11,17,23,25H,2,7-8,12H2,1H3,(H2,21,22,24);1H. The van der Waals surface area contributed by atoms with Gasteiger partial charge in [0.15, 0.2) is 5.96 Å². The third-order valence-corrected chi connectivity index (χ3v) is 4.05. The van der Waals surface area contributed by atoms with Crippen LogP contribution in [0.1, 0.15) is 24.4 Å². The molecule has 0 saturated heterocycles. The Morgan fingerprint density at radius 1 is 1.33 bits per heavy atom. The molecule has 2 heterocycles. The van der Waals surface area contributed by atoms with Gasteiger partial charge in [-0.2, -0.15) is 0 Å². The van der Waals surface area contributed by atoms with Crippen LogP contribution in [0.5, 0.6) is 0 Å². The molecule has 0 amide bonds. The Labute approximate surface area is 174 Å². The fourth-order valence-electron chi connectivity index (χ4n) is 2.77. The summed E-state index contributed by atoms with van der Waals surface area (Å²) in [4.78, 5) is 7.48. The van der Waals surface area contributed by atoms with Crippen LogP contribution in [-0.4, -0.2) is 35.7 Å². The molecular formula is C19H24FIN4O2. The third kappa shape index (κ3) is 5.70. The molecule has 2 aromatic heterocycles. The van der Waals surface area contributed by atoms with Crippen LogP contribution >= 0.6 is 24.0 Å². The molecule has 0 saturated carbocycles. The van der Waals surface area contributed by atoms with E-state index in [-0.39, 0.29) is 36.3 Å². The molecule has 0 aliphatic rings. The summed E-state index contributed by atoms with van der Waals surface area (Å²) >= 11 is 0. The molecule has 1 aromatic carbocycles. The van der Waals surface area contributed by atoms with E-state index in [1.165, 1.54) is 18.4 Å². The zero-order valence-corrected chi connectivity index (χ0v) is 17.4. The van der Waals surface area contributed by atoms with Crippen LogP contribution in [0.4, 0.5) is 4.39 Å². The predicted molar refractivity (Wildman–Crippen MR) is 115 cm³/mol. The highest BCUT2D eigenvalue weighted by atomic mass is 127. The molecule has 8 heteroatoms. The van der Waals surface area contributed by atoms with E-state index in [1.807, 2.05) is 13.1 Å². The largest absolute Gasteiger partial charge is 0.467 e. The van der Waals surface area contributed by atoms with Crippen molar-refractivity contribution in [3.63, 3.8) is 0 Å². The molecule has 27 heavy (non-hydrogen) atoms. The molecule has 3 aromatic rings. The molecule has 0 fully saturated rings. The van der Waals surface area contributed by atoms with Gasteiger partial charge in [0.05, 0.1) is 12.8 Å². The number of aromatic nitrogens is 1. The van der Waals surface area contributed by atoms with Crippen molar-refractivity contribution in [2.45, 2.75) is 19.4 Å².